The lowest BCUT2D eigenvalue weighted by molar-refractivity contribution is -0.118. The summed E-state index contributed by atoms with van der Waals surface area (Å²) >= 11 is 0. The molecule has 0 spiro atoms. The molecule has 0 aromatic heterocycles. The van der Waals surface area contributed by atoms with Crippen LogP contribution >= 0.6 is 0 Å². The van der Waals surface area contributed by atoms with Crippen LogP contribution in [0.15, 0.2) is 24.3 Å². The van der Waals surface area contributed by atoms with Crippen molar-refractivity contribution in [3.05, 3.63) is 35.4 Å². The fourth-order valence-corrected chi connectivity index (χ4v) is 2.80. The van der Waals surface area contributed by atoms with Gasteiger partial charge in [-0.1, -0.05) is 50.6 Å². The van der Waals surface area contributed by atoms with Crippen LogP contribution in [-0.2, 0) is 10.2 Å². The summed E-state index contributed by atoms with van der Waals surface area (Å²) < 4.78 is 0. The minimum Gasteiger partial charge on any atom is -0.300 e. The first-order valence-corrected chi connectivity index (χ1v) is 5.94. The van der Waals surface area contributed by atoms with E-state index in [1.807, 2.05) is 0 Å². The van der Waals surface area contributed by atoms with Crippen LogP contribution in [0.1, 0.15) is 44.7 Å². The lowest BCUT2D eigenvalue weighted by Crippen LogP contribution is -2.33. The van der Waals surface area contributed by atoms with Crippen LogP contribution in [0.5, 0.6) is 0 Å². The van der Waals surface area contributed by atoms with Crippen molar-refractivity contribution in [1.29, 1.82) is 0 Å². The highest BCUT2D eigenvalue weighted by molar-refractivity contribution is 5.84. The van der Waals surface area contributed by atoms with E-state index < -0.39 is 0 Å². The second-order valence-electron chi connectivity index (χ2n) is 5.97. The third-order valence-corrected chi connectivity index (χ3v) is 4.37. The summed E-state index contributed by atoms with van der Waals surface area (Å²) in [6.45, 7) is 8.73. The highest BCUT2D eigenvalue weighted by atomic mass is 16.1. The number of Topliss-reactive ketones (excluding diaryl/α,β-unsaturated/α-hetero) is 1. The van der Waals surface area contributed by atoms with Gasteiger partial charge in [-0.15, -0.1) is 0 Å². The molecular weight excluding hydrogens is 196 g/mol. The molecule has 1 saturated carbocycles. The minimum absolute atomic E-state index is 0.00220. The van der Waals surface area contributed by atoms with E-state index in [1.54, 1.807) is 0 Å². The van der Waals surface area contributed by atoms with Crippen LogP contribution in [0, 0.1) is 12.3 Å². The van der Waals surface area contributed by atoms with Crippen LogP contribution in [0.3, 0.4) is 0 Å². The van der Waals surface area contributed by atoms with Crippen molar-refractivity contribution < 1.29 is 4.79 Å². The molecule has 0 heterocycles. The second-order valence-corrected chi connectivity index (χ2v) is 5.97. The third-order valence-electron chi connectivity index (χ3n) is 4.37. The summed E-state index contributed by atoms with van der Waals surface area (Å²) in [5.74, 6) is 0.396. The maximum absolute atomic E-state index is 11.7. The standard InChI is InChI=1S/C15H20O/c1-11-5-7-12(8-6-11)15(4)10-13(16)9-14(15,2)3/h5-8H,9-10H2,1-4H3. The summed E-state index contributed by atoms with van der Waals surface area (Å²) in [5, 5.41) is 0. The average Bonchev–Trinajstić information content (AvgIpc) is 2.37. The molecule has 0 radical (unpaired) electrons. The van der Waals surface area contributed by atoms with Gasteiger partial charge in [-0.3, -0.25) is 4.79 Å². The van der Waals surface area contributed by atoms with Crippen molar-refractivity contribution in [2.45, 2.75) is 46.0 Å². The molecular formula is C15H20O. The van der Waals surface area contributed by atoms with Gasteiger partial charge in [0.1, 0.15) is 5.78 Å². The predicted octanol–water partition coefficient (Wildman–Crippen LogP) is 3.64. The first-order chi connectivity index (χ1) is 7.35. The molecule has 1 fully saturated rings. The Labute approximate surface area is 97.9 Å². The highest BCUT2D eigenvalue weighted by Gasteiger charge is 2.49. The summed E-state index contributed by atoms with van der Waals surface area (Å²) in [6, 6.07) is 8.63. The molecule has 86 valence electrons. The van der Waals surface area contributed by atoms with Crippen LogP contribution in [0.2, 0.25) is 0 Å². The molecule has 0 saturated heterocycles. The number of ketones is 1. The summed E-state index contributed by atoms with van der Waals surface area (Å²) in [4.78, 5) is 11.7. The van der Waals surface area contributed by atoms with Crippen LogP contribution < -0.4 is 0 Å². The van der Waals surface area contributed by atoms with Crippen LogP contribution in [0.4, 0.5) is 0 Å². The van der Waals surface area contributed by atoms with Crippen LogP contribution in [0.25, 0.3) is 0 Å². The van der Waals surface area contributed by atoms with Gasteiger partial charge in [0.15, 0.2) is 0 Å². The lowest BCUT2D eigenvalue weighted by Gasteiger charge is -2.38. The molecule has 1 aliphatic rings. The molecule has 1 aromatic rings. The number of benzene rings is 1. The topological polar surface area (TPSA) is 17.1 Å². The van der Waals surface area contributed by atoms with E-state index in [-0.39, 0.29) is 10.8 Å². The molecule has 0 bridgehead atoms. The lowest BCUT2D eigenvalue weighted by atomic mass is 9.65. The van der Waals surface area contributed by atoms with E-state index in [2.05, 4.69) is 52.0 Å². The Balaban J connectivity index is 2.46. The van der Waals surface area contributed by atoms with Gasteiger partial charge >= 0.3 is 0 Å². The van der Waals surface area contributed by atoms with E-state index in [0.29, 0.717) is 18.6 Å². The molecule has 0 aliphatic heterocycles. The zero-order chi connectivity index (χ0) is 12.0. The Kier molecular flexibility index (Phi) is 2.45. The monoisotopic (exact) mass is 216 g/mol. The highest BCUT2D eigenvalue weighted by Crippen LogP contribution is 2.52. The van der Waals surface area contributed by atoms with E-state index in [1.165, 1.54) is 11.1 Å². The number of carbonyl (C=O) groups is 1. The SMILES string of the molecule is Cc1ccc(C2(C)CC(=O)CC2(C)C)cc1. The fraction of sp³-hybridized carbons (Fsp3) is 0.533. The first-order valence-electron chi connectivity index (χ1n) is 5.94. The summed E-state index contributed by atoms with van der Waals surface area (Å²) in [5.41, 5.74) is 2.64. The van der Waals surface area contributed by atoms with Crippen LogP contribution in [-0.4, -0.2) is 5.78 Å². The van der Waals surface area contributed by atoms with Gasteiger partial charge in [0.05, 0.1) is 0 Å². The summed E-state index contributed by atoms with van der Waals surface area (Å²) in [7, 11) is 0. The largest absolute Gasteiger partial charge is 0.300 e. The van der Waals surface area contributed by atoms with Crippen molar-refractivity contribution in [1.82, 2.24) is 0 Å². The normalized spacial score (nSPS) is 28.4. The fourth-order valence-electron chi connectivity index (χ4n) is 2.80. The molecule has 1 nitrogen and oxygen atoms in total. The maximum atomic E-state index is 11.7. The second kappa shape index (κ2) is 3.44. The zero-order valence-electron chi connectivity index (χ0n) is 10.6. The van der Waals surface area contributed by atoms with Crippen molar-refractivity contribution in [3.63, 3.8) is 0 Å². The Morgan fingerprint density at radius 3 is 2.00 bits per heavy atom. The zero-order valence-corrected chi connectivity index (χ0v) is 10.6. The molecule has 2 rings (SSSR count). The van der Waals surface area contributed by atoms with E-state index in [0.717, 1.165) is 0 Å². The number of rotatable bonds is 1. The van der Waals surface area contributed by atoms with Gasteiger partial charge in [0.25, 0.3) is 0 Å². The third kappa shape index (κ3) is 1.59. The molecule has 0 N–H and O–H groups in total. The Morgan fingerprint density at radius 1 is 1.00 bits per heavy atom. The number of hydrogen-bond acceptors (Lipinski definition) is 1. The molecule has 1 unspecified atom stereocenters. The Morgan fingerprint density at radius 2 is 1.56 bits per heavy atom. The minimum atomic E-state index is -0.00220. The Bertz CT molecular complexity index is 414. The van der Waals surface area contributed by atoms with Crippen molar-refractivity contribution in [3.8, 4) is 0 Å². The molecule has 1 atom stereocenters. The van der Waals surface area contributed by atoms with Crippen molar-refractivity contribution in [2.24, 2.45) is 5.41 Å². The summed E-state index contributed by atoms with van der Waals surface area (Å²) in [6.07, 6.45) is 1.39. The molecule has 16 heavy (non-hydrogen) atoms. The number of hydrogen-bond donors (Lipinski definition) is 0. The van der Waals surface area contributed by atoms with E-state index in [4.69, 9.17) is 0 Å². The smallest absolute Gasteiger partial charge is 0.134 e. The van der Waals surface area contributed by atoms with Gasteiger partial charge < -0.3 is 0 Å². The van der Waals surface area contributed by atoms with Gasteiger partial charge in [0, 0.05) is 18.3 Å². The maximum Gasteiger partial charge on any atom is 0.134 e. The molecule has 1 aliphatic carbocycles. The van der Waals surface area contributed by atoms with E-state index in [9.17, 15) is 4.79 Å². The Hall–Kier alpha value is -1.11. The number of aryl methyl sites for hydroxylation is 1. The van der Waals surface area contributed by atoms with Crippen molar-refractivity contribution in [2.75, 3.05) is 0 Å². The molecule has 1 heteroatoms. The first kappa shape index (κ1) is 11.4. The van der Waals surface area contributed by atoms with Gasteiger partial charge in [0.2, 0.25) is 0 Å². The van der Waals surface area contributed by atoms with Crippen molar-refractivity contribution >= 4 is 5.78 Å². The molecule has 0 amide bonds. The van der Waals surface area contributed by atoms with Gasteiger partial charge in [-0.2, -0.15) is 0 Å². The predicted molar refractivity (Wildman–Crippen MR) is 66.6 cm³/mol. The number of carbonyl (C=O) groups excluding carboxylic acids is 1. The molecule has 1 aromatic carbocycles. The quantitative estimate of drug-likeness (QED) is 0.700. The average molecular weight is 216 g/mol. The van der Waals surface area contributed by atoms with Gasteiger partial charge in [-0.25, -0.2) is 0 Å². The van der Waals surface area contributed by atoms with Gasteiger partial charge in [-0.05, 0) is 17.9 Å². The van der Waals surface area contributed by atoms with E-state index >= 15 is 0 Å².